The van der Waals surface area contributed by atoms with E-state index in [4.69, 9.17) is 0 Å². The Morgan fingerprint density at radius 3 is 2.84 bits per heavy atom. The summed E-state index contributed by atoms with van der Waals surface area (Å²) < 4.78 is 2.08. The van der Waals surface area contributed by atoms with Gasteiger partial charge in [0.2, 0.25) is 0 Å². The Kier molecular flexibility index (Phi) is 5.64. The first-order valence-corrected chi connectivity index (χ1v) is 7.78. The van der Waals surface area contributed by atoms with Crippen LogP contribution in [0, 0.1) is 5.92 Å². The van der Waals surface area contributed by atoms with Crippen molar-refractivity contribution in [2.24, 2.45) is 5.92 Å². The summed E-state index contributed by atoms with van der Waals surface area (Å²) in [7, 11) is 0. The highest BCUT2D eigenvalue weighted by Crippen LogP contribution is 2.30. The second-order valence-corrected chi connectivity index (χ2v) is 5.41. The molecule has 3 heteroatoms. The molecule has 1 aliphatic carbocycles. The smallest absolute Gasteiger partial charge is 0.0609 e. The van der Waals surface area contributed by atoms with E-state index in [2.05, 4.69) is 41.1 Å². The summed E-state index contributed by atoms with van der Waals surface area (Å²) >= 11 is 0. The van der Waals surface area contributed by atoms with E-state index in [1.807, 2.05) is 6.20 Å². The van der Waals surface area contributed by atoms with E-state index in [0.29, 0.717) is 0 Å². The minimum atomic E-state index is 0.771. The lowest BCUT2D eigenvalue weighted by atomic mass is 9.83. The van der Waals surface area contributed by atoms with E-state index in [9.17, 15) is 0 Å². The number of hydrogen-bond acceptors (Lipinski definition) is 2. The number of aryl methyl sites for hydroxylation is 1. The minimum Gasteiger partial charge on any atom is -0.313 e. The molecule has 0 bridgehead atoms. The lowest BCUT2D eigenvalue weighted by Gasteiger charge is -2.25. The van der Waals surface area contributed by atoms with Crippen molar-refractivity contribution in [3.63, 3.8) is 0 Å². The standard InChI is InChI=1S/C16H27N3/c1-3-17-13-15(14-8-6-5-7-9-14)12-16-10-11-18-19(16)4-2/h10-12,14,17H,3-9,13H2,1-2H3. The van der Waals surface area contributed by atoms with Crippen LogP contribution in [-0.4, -0.2) is 22.9 Å². The first kappa shape index (κ1) is 14.3. The average Bonchev–Trinajstić information content (AvgIpc) is 2.91. The van der Waals surface area contributed by atoms with Crippen LogP contribution < -0.4 is 5.32 Å². The lowest BCUT2D eigenvalue weighted by Crippen LogP contribution is -2.22. The molecule has 19 heavy (non-hydrogen) atoms. The van der Waals surface area contributed by atoms with Crippen molar-refractivity contribution in [1.82, 2.24) is 15.1 Å². The van der Waals surface area contributed by atoms with Gasteiger partial charge in [-0.3, -0.25) is 4.68 Å². The van der Waals surface area contributed by atoms with Gasteiger partial charge in [0, 0.05) is 19.3 Å². The number of aromatic nitrogens is 2. The van der Waals surface area contributed by atoms with Crippen molar-refractivity contribution >= 4 is 6.08 Å². The molecular weight excluding hydrogens is 234 g/mol. The van der Waals surface area contributed by atoms with Gasteiger partial charge in [0.25, 0.3) is 0 Å². The summed E-state index contributed by atoms with van der Waals surface area (Å²) in [5, 5.41) is 7.86. The maximum absolute atomic E-state index is 4.36. The monoisotopic (exact) mass is 261 g/mol. The zero-order chi connectivity index (χ0) is 13.5. The van der Waals surface area contributed by atoms with Gasteiger partial charge < -0.3 is 5.32 Å². The van der Waals surface area contributed by atoms with Crippen LogP contribution in [0.1, 0.15) is 51.6 Å². The lowest BCUT2D eigenvalue weighted by molar-refractivity contribution is 0.397. The highest BCUT2D eigenvalue weighted by Gasteiger charge is 2.17. The van der Waals surface area contributed by atoms with Crippen molar-refractivity contribution in [2.45, 2.75) is 52.5 Å². The maximum atomic E-state index is 4.36. The Morgan fingerprint density at radius 2 is 2.16 bits per heavy atom. The van der Waals surface area contributed by atoms with Crippen LogP contribution in [0.5, 0.6) is 0 Å². The van der Waals surface area contributed by atoms with Crippen LogP contribution >= 0.6 is 0 Å². The molecule has 1 N–H and O–H groups in total. The fourth-order valence-electron chi connectivity index (χ4n) is 2.98. The fourth-order valence-corrected chi connectivity index (χ4v) is 2.98. The first-order valence-electron chi connectivity index (χ1n) is 7.78. The van der Waals surface area contributed by atoms with Crippen LogP contribution in [0.2, 0.25) is 0 Å². The average molecular weight is 261 g/mol. The summed E-state index contributed by atoms with van der Waals surface area (Å²) in [4.78, 5) is 0. The van der Waals surface area contributed by atoms with Crippen molar-refractivity contribution < 1.29 is 0 Å². The van der Waals surface area contributed by atoms with Gasteiger partial charge in [0.15, 0.2) is 0 Å². The second kappa shape index (κ2) is 7.49. The maximum Gasteiger partial charge on any atom is 0.0609 e. The zero-order valence-corrected chi connectivity index (χ0v) is 12.4. The highest BCUT2D eigenvalue weighted by molar-refractivity contribution is 5.50. The van der Waals surface area contributed by atoms with E-state index in [0.717, 1.165) is 25.6 Å². The number of hydrogen-bond donors (Lipinski definition) is 1. The van der Waals surface area contributed by atoms with Gasteiger partial charge in [-0.05, 0) is 44.4 Å². The van der Waals surface area contributed by atoms with Crippen LogP contribution in [-0.2, 0) is 6.54 Å². The van der Waals surface area contributed by atoms with Gasteiger partial charge in [0.1, 0.15) is 0 Å². The summed E-state index contributed by atoms with van der Waals surface area (Å²) in [5.41, 5.74) is 2.82. The van der Waals surface area contributed by atoms with Gasteiger partial charge in [-0.15, -0.1) is 0 Å². The molecule has 1 aliphatic rings. The quantitative estimate of drug-likeness (QED) is 0.849. The van der Waals surface area contributed by atoms with Crippen LogP contribution in [0.4, 0.5) is 0 Å². The summed E-state index contributed by atoms with van der Waals surface area (Å²) in [6, 6.07) is 2.12. The van der Waals surface area contributed by atoms with Crippen LogP contribution in [0.15, 0.2) is 17.8 Å². The Labute approximate surface area is 117 Å². The fraction of sp³-hybridized carbons (Fsp3) is 0.688. The summed E-state index contributed by atoms with van der Waals surface area (Å²) in [5.74, 6) is 0.771. The molecule has 0 saturated heterocycles. The van der Waals surface area contributed by atoms with E-state index >= 15 is 0 Å². The molecule has 106 valence electrons. The van der Waals surface area contributed by atoms with Gasteiger partial charge >= 0.3 is 0 Å². The molecule has 3 nitrogen and oxygen atoms in total. The highest BCUT2D eigenvalue weighted by atomic mass is 15.3. The van der Waals surface area contributed by atoms with E-state index in [1.165, 1.54) is 37.8 Å². The largest absolute Gasteiger partial charge is 0.313 e. The molecule has 0 radical (unpaired) electrons. The Morgan fingerprint density at radius 1 is 1.37 bits per heavy atom. The molecule has 0 atom stereocenters. The second-order valence-electron chi connectivity index (χ2n) is 5.41. The summed E-state index contributed by atoms with van der Waals surface area (Å²) in [6.45, 7) is 7.33. The van der Waals surface area contributed by atoms with E-state index in [-0.39, 0.29) is 0 Å². The Bertz CT molecular complexity index is 400. The number of nitrogens with zero attached hydrogens (tertiary/aromatic N) is 2. The van der Waals surface area contributed by atoms with Crippen molar-refractivity contribution in [3.8, 4) is 0 Å². The van der Waals surface area contributed by atoms with E-state index < -0.39 is 0 Å². The van der Waals surface area contributed by atoms with Crippen molar-refractivity contribution in [1.29, 1.82) is 0 Å². The zero-order valence-electron chi connectivity index (χ0n) is 12.4. The van der Waals surface area contributed by atoms with Crippen molar-refractivity contribution in [3.05, 3.63) is 23.5 Å². The predicted octanol–water partition coefficient (Wildman–Crippen LogP) is 3.48. The van der Waals surface area contributed by atoms with Crippen LogP contribution in [0.3, 0.4) is 0 Å². The molecule has 0 unspecified atom stereocenters. The number of likely N-dealkylation sites (N-methyl/N-ethyl adjacent to an activating group) is 1. The first-order chi connectivity index (χ1) is 9.35. The predicted molar refractivity (Wildman–Crippen MR) is 81.0 cm³/mol. The van der Waals surface area contributed by atoms with Gasteiger partial charge in [-0.25, -0.2) is 0 Å². The third-order valence-corrected chi connectivity index (χ3v) is 4.09. The molecule has 0 aliphatic heterocycles. The molecule has 0 spiro atoms. The van der Waals surface area contributed by atoms with Crippen molar-refractivity contribution in [2.75, 3.05) is 13.1 Å². The molecule has 0 aromatic carbocycles. The summed E-state index contributed by atoms with van der Waals surface area (Å²) in [6.07, 6.45) is 11.2. The third-order valence-electron chi connectivity index (χ3n) is 4.09. The van der Waals surface area contributed by atoms with Gasteiger partial charge in [0.05, 0.1) is 5.69 Å². The molecule has 1 aromatic rings. The minimum absolute atomic E-state index is 0.771. The molecule has 0 amide bonds. The molecule has 1 aromatic heterocycles. The molecule has 2 rings (SSSR count). The number of nitrogens with one attached hydrogen (secondary N) is 1. The Hall–Kier alpha value is -1.09. The molecule has 1 fully saturated rings. The Balaban J connectivity index is 2.15. The molecular formula is C16H27N3. The van der Waals surface area contributed by atoms with Crippen LogP contribution in [0.25, 0.3) is 6.08 Å². The van der Waals surface area contributed by atoms with Gasteiger partial charge in [-0.2, -0.15) is 5.10 Å². The molecule has 1 saturated carbocycles. The van der Waals surface area contributed by atoms with E-state index in [1.54, 1.807) is 5.57 Å². The molecule has 1 heterocycles. The topological polar surface area (TPSA) is 29.9 Å². The van der Waals surface area contributed by atoms with Gasteiger partial charge in [-0.1, -0.05) is 31.8 Å². The SMILES string of the molecule is CCNCC(=Cc1ccnn1CC)C1CCCCC1. The normalized spacial score (nSPS) is 17.9. The number of rotatable bonds is 6. The third kappa shape index (κ3) is 3.93.